The number of carbonyl (C=O) groups is 1. The molecule has 0 unspecified atom stereocenters. The fraction of sp³-hybridized carbons (Fsp3) is 0.533. The van der Waals surface area contributed by atoms with Crippen molar-refractivity contribution in [1.82, 2.24) is 0 Å². The van der Waals surface area contributed by atoms with Gasteiger partial charge in [-0.3, -0.25) is 4.79 Å². The van der Waals surface area contributed by atoms with E-state index in [1.165, 1.54) is 0 Å². The van der Waals surface area contributed by atoms with E-state index in [1.807, 2.05) is 37.2 Å². The lowest BCUT2D eigenvalue weighted by Crippen LogP contribution is -2.28. The summed E-state index contributed by atoms with van der Waals surface area (Å²) in [4.78, 5) is 13.1. The number of aldehydes is 1. The van der Waals surface area contributed by atoms with Gasteiger partial charge in [-0.25, -0.2) is 0 Å². The third-order valence-corrected chi connectivity index (χ3v) is 3.74. The van der Waals surface area contributed by atoms with E-state index in [0.717, 1.165) is 43.3 Å². The van der Waals surface area contributed by atoms with Gasteiger partial charge in [0.05, 0.1) is 6.10 Å². The molecule has 0 saturated heterocycles. The van der Waals surface area contributed by atoms with Gasteiger partial charge in [0.15, 0.2) is 6.29 Å². The van der Waals surface area contributed by atoms with Crippen LogP contribution in [0.5, 0.6) is 0 Å². The molecular weight excluding hydrogens is 240 g/mol. The van der Waals surface area contributed by atoms with E-state index in [-0.39, 0.29) is 6.10 Å². The number of carbonyl (C=O) groups excluding carboxylic acids is 1. The molecule has 1 aromatic carbocycles. The van der Waals surface area contributed by atoms with Crippen LogP contribution < -0.4 is 10.2 Å². The van der Waals surface area contributed by atoms with Gasteiger partial charge >= 0.3 is 0 Å². The van der Waals surface area contributed by atoms with Crippen LogP contribution in [0.4, 0.5) is 11.4 Å². The molecule has 0 atom stereocenters. The molecule has 0 aliphatic heterocycles. The highest BCUT2D eigenvalue weighted by Gasteiger charge is 2.20. The van der Waals surface area contributed by atoms with E-state index in [2.05, 4.69) is 5.32 Å². The van der Waals surface area contributed by atoms with Crippen molar-refractivity contribution in [1.29, 1.82) is 0 Å². The average Bonchev–Trinajstić information content (AvgIpc) is 2.41. The molecule has 1 aromatic rings. The Morgan fingerprint density at radius 2 is 1.95 bits per heavy atom. The van der Waals surface area contributed by atoms with Crippen molar-refractivity contribution < 1.29 is 9.90 Å². The average molecular weight is 262 g/mol. The van der Waals surface area contributed by atoms with E-state index in [4.69, 9.17) is 0 Å². The van der Waals surface area contributed by atoms with E-state index in [1.54, 1.807) is 0 Å². The molecule has 4 nitrogen and oxygen atoms in total. The highest BCUT2D eigenvalue weighted by atomic mass is 16.3. The van der Waals surface area contributed by atoms with Crippen molar-refractivity contribution >= 4 is 17.7 Å². The van der Waals surface area contributed by atoms with Crippen LogP contribution in [0.2, 0.25) is 0 Å². The molecule has 0 bridgehead atoms. The molecule has 0 heterocycles. The van der Waals surface area contributed by atoms with Crippen molar-refractivity contribution in [2.45, 2.75) is 37.8 Å². The number of aliphatic hydroxyl groups excluding tert-OH is 1. The van der Waals surface area contributed by atoms with Crippen LogP contribution >= 0.6 is 0 Å². The second-order valence-corrected chi connectivity index (χ2v) is 5.43. The summed E-state index contributed by atoms with van der Waals surface area (Å²) in [6.07, 6.45) is 4.30. The first-order valence-corrected chi connectivity index (χ1v) is 6.81. The fourth-order valence-corrected chi connectivity index (χ4v) is 2.49. The molecule has 0 amide bonds. The summed E-state index contributed by atoms with van der Waals surface area (Å²) in [5.41, 5.74) is 2.66. The Labute approximate surface area is 114 Å². The Morgan fingerprint density at radius 3 is 2.53 bits per heavy atom. The number of benzene rings is 1. The molecule has 1 fully saturated rings. The summed E-state index contributed by atoms with van der Waals surface area (Å²) in [7, 11) is 3.97. The molecular formula is C15H22N2O2. The quantitative estimate of drug-likeness (QED) is 0.817. The molecule has 104 valence electrons. The van der Waals surface area contributed by atoms with Crippen molar-refractivity contribution in [3.8, 4) is 0 Å². The smallest absolute Gasteiger partial charge is 0.152 e. The predicted octanol–water partition coefficient (Wildman–Crippen LogP) is 2.28. The standard InChI is InChI=1S/C15H22N2O2/c1-17(2)13-6-3-11(10-18)15(9-13)16-12-4-7-14(19)8-5-12/h3,6,9-10,12,14,16,19H,4-5,7-8H2,1-2H3. The number of anilines is 2. The topological polar surface area (TPSA) is 52.6 Å². The Morgan fingerprint density at radius 1 is 1.26 bits per heavy atom. The maximum atomic E-state index is 11.1. The predicted molar refractivity (Wildman–Crippen MR) is 78.0 cm³/mol. The van der Waals surface area contributed by atoms with Crippen LogP contribution in [-0.2, 0) is 0 Å². The van der Waals surface area contributed by atoms with Gasteiger partial charge in [-0.15, -0.1) is 0 Å². The molecule has 19 heavy (non-hydrogen) atoms. The van der Waals surface area contributed by atoms with E-state index in [9.17, 15) is 9.90 Å². The van der Waals surface area contributed by atoms with Crippen LogP contribution in [0.1, 0.15) is 36.0 Å². The number of rotatable bonds is 4. The van der Waals surface area contributed by atoms with Gasteiger partial charge in [-0.2, -0.15) is 0 Å². The lowest BCUT2D eigenvalue weighted by molar-refractivity contribution is 0.112. The first kappa shape index (κ1) is 13.9. The summed E-state index contributed by atoms with van der Waals surface area (Å²) >= 11 is 0. The Balaban J connectivity index is 2.13. The largest absolute Gasteiger partial charge is 0.393 e. The molecule has 0 aromatic heterocycles. The van der Waals surface area contributed by atoms with Gasteiger partial charge in [0.25, 0.3) is 0 Å². The maximum Gasteiger partial charge on any atom is 0.152 e. The summed E-state index contributed by atoms with van der Waals surface area (Å²) < 4.78 is 0. The number of nitrogens with one attached hydrogen (secondary N) is 1. The molecule has 1 aliphatic carbocycles. The molecule has 2 N–H and O–H groups in total. The highest BCUT2D eigenvalue weighted by Crippen LogP contribution is 2.26. The monoisotopic (exact) mass is 262 g/mol. The number of hydrogen-bond acceptors (Lipinski definition) is 4. The van der Waals surface area contributed by atoms with Crippen molar-refractivity contribution in [2.24, 2.45) is 0 Å². The van der Waals surface area contributed by atoms with Crippen LogP contribution in [-0.4, -0.2) is 37.6 Å². The zero-order valence-electron chi connectivity index (χ0n) is 11.6. The summed E-state index contributed by atoms with van der Waals surface area (Å²) in [5, 5.41) is 13.0. The van der Waals surface area contributed by atoms with Crippen LogP contribution in [0, 0.1) is 0 Å². The highest BCUT2D eigenvalue weighted by molar-refractivity contribution is 5.86. The van der Waals surface area contributed by atoms with Crippen LogP contribution in [0.25, 0.3) is 0 Å². The first-order chi connectivity index (χ1) is 9.10. The van der Waals surface area contributed by atoms with E-state index in [0.29, 0.717) is 11.6 Å². The van der Waals surface area contributed by atoms with Crippen LogP contribution in [0.15, 0.2) is 18.2 Å². The zero-order valence-corrected chi connectivity index (χ0v) is 11.6. The summed E-state index contributed by atoms with van der Waals surface area (Å²) in [6, 6.07) is 6.15. The lowest BCUT2D eigenvalue weighted by atomic mass is 9.93. The fourth-order valence-electron chi connectivity index (χ4n) is 2.49. The summed E-state index contributed by atoms with van der Waals surface area (Å²) in [6.45, 7) is 0. The first-order valence-electron chi connectivity index (χ1n) is 6.81. The van der Waals surface area contributed by atoms with Gasteiger partial charge in [0, 0.05) is 37.1 Å². The third-order valence-electron chi connectivity index (χ3n) is 3.74. The number of hydrogen-bond donors (Lipinski definition) is 2. The minimum atomic E-state index is -0.156. The second kappa shape index (κ2) is 6.06. The van der Waals surface area contributed by atoms with Crippen molar-refractivity contribution in [3.05, 3.63) is 23.8 Å². The molecule has 1 saturated carbocycles. The second-order valence-electron chi connectivity index (χ2n) is 5.43. The molecule has 1 aliphatic rings. The molecule has 0 radical (unpaired) electrons. The summed E-state index contributed by atoms with van der Waals surface area (Å²) in [5.74, 6) is 0. The SMILES string of the molecule is CN(C)c1ccc(C=O)c(NC2CCC(O)CC2)c1. The van der Waals surface area contributed by atoms with Crippen LogP contribution in [0.3, 0.4) is 0 Å². The van der Waals surface area contributed by atoms with Gasteiger partial charge in [0.1, 0.15) is 0 Å². The number of aliphatic hydroxyl groups is 1. The van der Waals surface area contributed by atoms with Gasteiger partial charge in [-0.1, -0.05) is 0 Å². The van der Waals surface area contributed by atoms with E-state index < -0.39 is 0 Å². The molecule has 0 spiro atoms. The maximum absolute atomic E-state index is 11.1. The Bertz CT molecular complexity index is 438. The minimum absolute atomic E-state index is 0.156. The van der Waals surface area contributed by atoms with Crippen molar-refractivity contribution in [2.75, 3.05) is 24.3 Å². The Hall–Kier alpha value is -1.55. The molecule has 2 rings (SSSR count). The van der Waals surface area contributed by atoms with Crippen molar-refractivity contribution in [3.63, 3.8) is 0 Å². The third kappa shape index (κ3) is 3.47. The number of nitrogens with zero attached hydrogens (tertiary/aromatic N) is 1. The normalized spacial score (nSPS) is 22.9. The minimum Gasteiger partial charge on any atom is -0.393 e. The Kier molecular flexibility index (Phi) is 4.43. The van der Waals surface area contributed by atoms with Gasteiger partial charge in [0.2, 0.25) is 0 Å². The van der Waals surface area contributed by atoms with E-state index >= 15 is 0 Å². The lowest BCUT2D eigenvalue weighted by Gasteiger charge is -2.28. The molecule has 4 heteroatoms. The van der Waals surface area contributed by atoms with Gasteiger partial charge in [-0.05, 0) is 43.9 Å². The van der Waals surface area contributed by atoms with Gasteiger partial charge < -0.3 is 15.3 Å². The zero-order chi connectivity index (χ0) is 13.8.